The summed E-state index contributed by atoms with van der Waals surface area (Å²) in [5.74, 6) is -0.354. The molecule has 0 saturated carbocycles. The molecule has 1 aliphatic heterocycles. The van der Waals surface area contributed by atoms with Gasteiger partial charge in [0, 0.05) is 12.0 Å². The lowest BCUT2D eigenvalue weighted by atomic mass is 9.93. The first-order valence-corrected chi connectivity index (χ1v) is 6.72. The Bertz CT molecular complexity index is 619. The van der Waals surface area contributed by atoms with Crippen LogP contribution >= 0.6 is 0 Å². The molecule has 1 aliphatic rings. The van der Waals surface area contributed by atoms with Crippen LogP contribution in [0.2, 0.25) is 0 Å². The van der Waals surface area contributed by atoms with Crippen molar-refractivity contribution in [3.63, 3.8) is 0 Å². The molecule has 3 rings (SSSR count). The monoisotopic (exact) mass is 270 g/mol. The molecule has 2 nitrogen and oxygen atoms in total. The predicted octanol–water partition coefficient (Wildman–Crippen LogP) is 3.71. The third kappa shape index (κ3) is 2.63. The Labute approximate surface area is 117 Å². The molecule has 2 aromatic rings. The Morgan fingerprint density at radius 1 is 1.15 bits per heavy atom. The van der Waals surface area contributed by atoms with Gasteiger partial charge in [-0.25, -0.2) is 4.39 Å². The summed E-state index contributed by atoms with van der Waals surface area (Å²) in [7, 11) is 0. The van der Waals surface area contributed by atoms with Crippen LogP contribution in [0.15, 0.2) is 48.5 Å². The second-order valence-corrected chi connectivity index (χ2v) is 4.94. The van der Waals surface area contributed by atoms with Gasteiger partial charge in [0.25, 0.3) is 0 Å². The first-order chi connectivity index (χ1) is 9.74. The number of ether oxygens (including phenoxy) is 1. The van der Waals surface area contributed by atoms with Crippen LogP contribution in [0.25, 0.3) is 0 Å². The number of carbonyl (C=O) groups excluding carboxylic acids is 1. The Morgan fingerprint density at radius 3 is 2.70 bits per heavy atom. The van der Waals surface area contributed by atoms with Crippen molar-refractivity contribution in [2.75, 3.05) is 6.61 Å². The number of rotatable bonds is 3. The van der Waals surface area contributed by atoms with Gasteiger partial charge in [0.15, 0.2) is 5.78 Å². The van der Waals surface area contributed by atoms with Gasteiger partial charge in [-0.2, -0.15) is 0 Å². The maximum atomic E-state index is 12.9. The van der Waals surface area contributed by atoms with Crippen LogP contribution in [0.3, 0.4) is 0 Å². The molecule has 1 heterocycles. The maximum absolute atomic E-state index is 12.9. The molecule has 0 saturated heterocycles. The Balaban J connectivity index is 1.79. The third-order valence-electron chi connectivity index (χ3n) is 3.63. The van der Waals surface area contributed by atoms with Crippen molar-refractivity contribution in [3.05, 3.63) is 71.0 Å². The van der Waals surface area contributed by atoms with Crippen molar-refractivity contribution < 1.29 is 13.9 Å². The zero-order valence-electron chi connectivity index (χ0n) is 11.0. The lowest BCUT2D eigenvalue weighted by molar-refractivity contribution is 0.0352. The van der Waals surface area contributed by atoms with Gasteiger partial charge in [-0.1, -0.05) is 24.3 Å². The van der Waals surface area contributed by atoms with E-state index in [4.69, 9.17) is 4.74 Å². The molecule has 0 aromatic heterocycles. The minimum atomic E-state index is -0.333. The van der Waals surface area contributed by atoms with Gasteiger partial charge in [-0.05, 0) is 41.8 Å². The van der Waals surface area contributed by atoms with Gasteiger partial charge in [-0.15, -0.1) is 0 Å². The molecule has 0 amide bonds. The zero-order chi connectivity index (χ0) is 13.9. The number of carbonyl (C=O) groups is 1. The highest BCUT2D eigenvalue weighted by Gasteiger charge is 2.23. The summed E-state index contributed by atoms with van der Waals surface area (Å²) in [4.78, 5) is 12.2. The smallest absolute Gasteiger partial charge is 0.165 e. The van der Waals surface area contributed by atoms with Crippen LogP contribution < -0.4 is 0 Å². The minimum Gasteiger partial charge on any atom is -0.373 e. The quantitative estimate of drug-likeness (QED) is 0.795. The Hall–Kier alpha value is -2.00. The normalized spacial score (nSPS) is 17.6. The highest BCUT2D eigenvalue weighted by molar-refractivity contribution is 5.96. The molecule has 0 bridgehead atoms. The number of hydrogen-bond acceptors (Lipinski definition) is 2. The van der Waals surface area contributed by atoms with E-state index in [9.17, 15) is 9.18 Å². The van der Waals surface area contributed by atoms with Crippen LogP contribution in [-0.4, -0.2) is 12.4 Å². The fraction of sp³-hybridized carbons (Fsp3) is 0.235. The number of Topliss-reactive ketones (excluding diaryl/α,β-unsaturated/α-hetero) is 1. The number of hydrogen-bond donors (Lipinski definition) is 0. The molecule has 0 N–H and O–H groups in total. The van der Waals surface area contributed by atoms with Crippen LogP contribution in [0, 0.1) is 5.82 Å². The fourth-order valence-electron chi connectivity index (χ4n) is 2.57. The summed E-state index contributed by atoms with van der Waals surface area (Å²) in [6.07, 6.45) is 0.984. The van der Waals surface area contributed by atoms with Crippen LogP contribution in [-0.2, 0) is 11.2 Å². The molecular weight excluding hydrogens is 255 g/mol. The van der Waals surface area contributed by atoms with Crippen molar-refractivity contribution in [1.29, 1.82) is 0 Å². The molecule has 3 heteroatoms. The first-order valence-electron chi connectivity index (χ1n) is 6.72. The van der Waals surface area contributed by atoms with E-state index in [0.29, 0.717) is 18.6 Å². The van der Waals surface area contributed by atoms with E-state index in [-0.39, 0.29) is 17.7 Å². The second kappa shape index (κ2) is 5.55. The molecule has 2 aromatic carbocycles. The number of fused-ring (bicyclic) bond motifs is 1. The number of benzene rings is 2. The summed E-state index contributed by atoms with van der Waals surface area (Å²) in [6.45, 7) is 0.637. The maximum Gasteiger partial charge on any atom is 0.165 e. The Kier molecular flexibility index (Phi) is 3.61. The van der Waals surface area contributed by atoms with E-state index >= 15 is 0 Å². The van der Waals surface area contributed by atoms with E-state index in [1.54, 1.807) is 0 Å². The highest BCUT2D eigenvalue weighted by atomic mass is 19.1. The van der Waals surface area contributed by atoms with Gasteiger partial charge in [-0.3, -0.25) is 4.79 Å². The standard InChI is InChI=1S/C17H15FO2/c18-14-7-5-13(6-8-14)16(19)11-17-15-4-2-1-3-12(15)9-10-20-17/h1-8,17H,9-11H2/t17-/m1/s1. The van der Waals surface area contributed by atoms with E-state index in [2.05, 4.69) is 6.07 Å². The van der Waals surface area contributed by atoms with Crippen molar-refractivity contribution in [3.8, 4) is 0 Å². The van der Waals surface area contributed by atoms with Crippen LogP contribution in [0.4, 0.5) is 4.39 Å². The molecule has 102 valence electrons. The predicted molar refractivity (Wildman–Crippen MR) is 74.2 cm³/mol. The largest absolute Gasteiger partial charge is 0.373 e. The SMILES string of the molecule is O=C(C[C@H]1OCCc2ccccc21)c1ccc(F)cc1. The summed E-state index contributed by atoms with van der Waals surface area (Å²) in [6, 6.07) is 13.7. The van der Waals surface area contributed by atoms with Crippen molar-refractivity contribution >= 4 is 5.78 Å². The van der Waals surface area contributed by atoms with Gasteiger partial charge in [0.05, 0.1) is 12.7 Å². The Morgan fingerprint density at radius 2 is 1.90 bits per heavy atom. The van der Waals surface area contributed by atoms with Crippen LogP contribution in [0.1, 0.15) is 34.0 Å². The fourth-order valence-corrected chi connectivity index (χ4v) is 2.57. The van der Waals surface area contributed by atoms with E-state index in [1.807, 2.05) is 18.2 Å². The lowest BCUT2D eigenvalue weighted by Crippen LogP contribution is -2.19. The van der Waals surface area contributed by atoms with E-state index in [1.165, 1.54) is 29.8 Å². The first kappa shape index (κ1) is 13.0. The minimum absolute atomic E-state index is 0.0216. The summed E-state index contributed by atoms with van der Waals surface area (Å²) in [5, 5.41) is 0. The van der Waals surface area contributed by atoms with Gasteiger partial charge < -0.3 is 4.74 Å². The van der Waals surface area contributed by atoms with Crippen molar-refractivity contribution in [1.82, 2.24) is 0 Å². The molecular formula is C17H15FO2. The molecule has 0 unspecified atom stereocenters. The molecule has 0 spiro atoms. The summed E-state index contributed by atoms with van der Waals surface area (Å²) in [5.41, 5.74) is 2.86. The van der Waals surface area contributed by atoms with Crippen molar-refractivity contribution in [2.24, 2.45) is 0 Å². The van der Waals surface area contributed by atoms with Gasteiger partial charge in [0.1, 0.15) is 5.82 Å². The topological polar surface area (TPSA) is 26.3 Å². The summed E-state index contributed by atoms with van der Waals surface area (Å²) < 4.78 is 18.6. The van der Waals surface area contributed by atoms with Crippen LogP contribution in [0.5, 0.6) is 0 Å². The molecule has 0 fully saturated rings. The molecule has 20 heavy (non-hydrogen) atoms. The zero-order valence-corrected chi connectivity index (χ0v) is 11.0. The third-order valence-corrected chi connectivity index (χ3v) is 3.63. The average molecular weight is 270 g/mol. The molecule has 0 radical (unpaired) electrons. The van der Waals surface area contributed by atoms with E-state index in [0.717, 1.165) is 12.0 Å². The average Bonchev–Trinajstić information content (AvgIpc) is 2.48. The van der Waals surface area contributed by atoms with Gasteiger partial charge >= 0.3 is 0 Å². The lowest BCUT2D eigenvalue weighted by Gasteiger charge is -2.25. The van der Waals surface area contributed by atoms with Gasteiger partial charge in [0.2, 0.25) is 0 Å². The molecule has 0 aliphatic carbocycles. The highest BCUT2D eigenvalue weighted by Crippen LogP contribution is 2.30. The number of ketones is 1. The van der Waals surface area contributed by atoms with Crippen molar-refractivity contribution in [2.45, 2.75) is 18.9 Å². The summed E-state index contributed by atoms with van der Waals surface area (Å²) >= 11 is 0. The number of halogens is 1. The van der Waals surface area contributed by atoms with E-state index < -0.39 is 0 Å². The second-order valence-electron chi connectivity index (χ2n) is 4.94. The molecule has 1 atom stereocenters.